The van der Waals surface area contributed by atoms with E-state index < -0.39 is 11.8 Å². The number of hydrogen-bond acceptors (Lipinski definition) is 4. The van der Waals surface area contributed by atoms with E-state index in [9.17, 15) is 14.8 Å². The molecule has 0 aliphatic rings. The normalized spacial score (nSPS) is 10.8. The zero-order valence-electron chi connectivity index (χ0n) is 16.8. The molecule has 0 unspecified atom stereocenters. The zero-order valence-corrected chi connectivity index (χ0v) is 18.4. The number of fused-ring (bicyclic) bond motifs is 1. The van der Waals surface area contributed by atoms with Crippen LogP contribution in [0.4, 0.5) is 11.4 Å². The van der Waals surface area contributed by atoms with E-state index >= 15 is 0 Å². The molecule has 0 spiro atoms. The van der Waals surface area contributed by atoms with Crippen molar-refractivity contribution < 1.29 is 14.8 Å². The van der Waals surface area contributed by atoms with Crippen LogP contribution in [0.1, 0.15) is 17.3 Å². The maximum absolute atomic E-state index is 12.8. The summed E-state index contributed by atoms with van der Waals surface area (Å²) >= 11 is 12.7. The Morgan fingerprint density at radius 2 is 1.75 bits per heavy atom. The number of benzene rings is 3. The topological polar surface area (TPSA) is 82.5 Å². The van der Waals surface area contributed by atoms with Gasteiger partial charge in [0.25, 0.3) is 5.91 Å². The Kier molecular flexibility index (Phi) is 6.10. The molecule has 2 N–H and O–H groups in total. The first-order chi connectivity index (χ1) is 15.3. The minimum atomic E-state index is -0.575. The van der Waals surface area contributed by atoms with Gasteiger partial charge in [0.05, 0.1) is 27.0 Å². The number of carbonyl (C=O) groups excluding carboxylic acids is 2. The molecule has 1 heterocycles. The maximum Gasteiger partial charge on any atom is 0.257 e. The number of hydroxylamine groups is 1. The van der Waals surface area contributed by atoms with Crippen molar-refractivity contribution in [1.29, 1.82) is 0 Å². The van der Waals surface area contributed by atoms with Crippen LogP contribution in [0.3, 0.4) is 0 Å². The highest BCUT2D eigenvalue weighted by atomic mass is 35.5. The maximum atomic E-state index is 12.8. The van der Waals surface area contributed by atoms with E-state index in [4.69, 9.17) is 23.2 Å². The first-order valence-corrected chi connectivity index (χ1v) is 10.3. The molecule has 3 aromatic carbocycles. The van der Waals surface area contributed by atoms with Gasteiger partial charge in [-0.3, -0.25) is 19.8 Å². The van der Waals surface area contributed by atoms with E-state index in [2.05, 4.69) is 10.3 Å². The number of pyridine rings is 1. The molecule has 4 rings (SSSR count). The van der Waals surface area contributed by atoms with Crippen LogP contribution < -0.4 is 10.4 Å². The minimum Gasteiger partial charge on any atom is -0.322 e. The van der Waals surface area contributed by atoms with Gasteiger partial charge in [-0.2, -0.15) is 5.06 Å². The first-order valence-electron chi connectivity index (χ1n) is 9.59. The summed E-state index contributed by atoms with van der Waals surface area (Å²) in [5.74, 6) is -1.03. The quantitative estimate of drug-likeness (QED) is 0.277. The molecule has 6 nitrogen and oxygen atoms in total. The van der Waals surface area contributed by atoms with Gasteiger partial charge in [0, 0.05) is 29.8 Å². The van der Waals surface area contributed by atoms with Crippen molar-refractivity contribution in [2.45, 2.75) is 6.92 Å². The Bertz CT molecular complexity index is 1350. The van der Waals surface area contributed by atoms with Gasteiger partial charge in [0.1, 0.15) is 0 Å². The summed E-state index contributed by atoms with van der Waals surface area (Å²) in [6.07, 6.45) is 1.71. The summed E-state index contributed by atoms with van der Waals surface area (Å²) in [5, 5.41) is 15.5. The number of nitrogens with one attached hydrogen (secondary N) is 1. The fourth-order valence-electron chi connectivity index (χ4n) is 3.32. The van der Waals surface area contributed by atoms with Gasteiger partial charge in [-0.05, 0) is 47.9 Å². The minimum absolute atomic E-state index is 0.0882. The second kappa shape index (κ2) is 8.96. The number of hydrogen-bond donors (Lipinski definition) is 2. The van der Waals surface area contributed by atoms with E-state index in [1.54, 1.807) is 24.4 Å². The van der Waals surface area contributed by atoms with Crippen molar-refractivity contribution in [3.05, 3.63) is 88.5 Å². The molecule has 0 bridgehead atoms. The largest absolute Gasteiger partial charge is 0.322 e. The van der Waals surface area contributed by atoms with E-state index in [0.717, 1.165) is 10.8 Å². The van der Waals surface area contributed by atoms with Crippen molar-refractivity contribution in [2.75, 3.05) is 10.4 Å². The molecule has 0 radical (unpaired) electrons. The second-order valence-corrected chi connectivity index (χ2v) is 7.84. The van der Waals surface area contributed by atoms with Crippen molar-refractivity contribution in [3.8, 4) is 11.3 Å². The summed E-state index contributed by atoms with van der Waals surface area (Å²) in [4.78, 5) is 28.6. The molecule has 0 aliphatic heterocycles. The van der Waals surface area contributed by atoms with Gasteiger partial charge in [0.15, 0.2) is 0 Å². The number of carbonyl (C=O) groups is 2. The van der Waals surface area contributed by atoms with Crippen LogP contribution in [0.15, 0.2) is 72.9 Å². The van der Waals surface area contributed by atoms with Gasteiger partial charge in [0.2, 0.25) is 5.91 Å². The average Bonchev–Trinajstić information content (AvgIpc) is 2.79. The molecule has 0 saturated heterocycles. The SMILES string of the molecule is CC(=O)N(O)c1ccc(C(=O)Nc2ccc(Cl)c(-c3nccc4ccccc34)c2)c(Cl)c1. The number of aromatic nitrogens is 1. The summed E-state index contributed by atoms with van der Waals surface area (Å²) in [6, 6.07) is 19.1. The molecule has 160 valence electrons. The fraction of sp³-hybridized carbons (Fsp3) is 0.0417. The second-order valence-electron chi connectivity index (χ2n) is 7.02. The Morgan fingerprint density at radius 1 is 0.969 bits per heavy atom. The third-order valence-corrected chi connectivity index (χ3v) is 5.54. The van der Waals surface area contributed by atoms with Crippen LogP contribution in [0, 0.1) is 0 Å². The summed E-state index contributed by atoms with van der Waals surface area (Å²) in [6.45, 7) is 1.21. The van der Waals surface area contributed by atoms with E-state index in [1.807, 2.05) is 30.3 Å². The molecule has 0 aliphatic carbocycles. The van der Waals surface area contributed by atoms with Crippen LogP contribution in [-0.4, -0.2) is 22.0 Å². The van der Waals surface area contributed by atoms with Gasteiger partial charge >= 0.3 is 0 Å². The van der Waals surface area contributed by atoms with Crippen molar-refractivity contribution >= 4 is 57.2 Å². The molecule has 0 saturated carbocycles. The predicted molar refractivity (Wildman–Crippen MR) is 127 cm³/mol. The molecular weight excluding hydrogens is 449 g/mol. The molecule has 1 aromatic heterocycles. The van der Waals surface area contributed by atoms with E-state index in [0.29, 0.717) is 27.0 Å². The van der Waals surface area contributed by atoms with Crippen molar-refractivity contribution in [3.63, 3.8) is 0 Å². The number of anilines is 2. The first kappa shape index (κ1) is 21.8. The summed E-state index contributed by atoms with van der Waals surface area (Å²) in [7, 11) is 0. The Labute approximate surface area is 194 Å². The van der Waals surface area contributed by atoms with Crippen LogP contribution >= 0.6 is 23.2 Å². The monoisotopic (exact) mass is 465 g/mol. The van der Waals surface area contributed by atoms with Crippen molar-refractivity contribution in [2.24, 2.45) is 0 Å². The summed E-state index contributed by atoms with van der Waals surface area (Å²) < 4.78 is 0. The molecular formula is C24H17Cl2N3O3. The lowest BCUT2D eigenvalue weighted by Gasteiger charge is -2.14. The molecule has 32 heavy (non-hydrogen) atoms. The highest BCUT2D eigenvalue weighted by Gasteiger charge is 2.16. The van der Waals surface area contributed by atoms with Crippen LogP contribution in [0.2, 0.25) is 10.0 Å². The van der Waals surface area contributed by atoms with Gasteiger partial charge in [-0.25, -0.2) is 0 Å². The molecule has 4 aromatic rings. The third kappa shape index (κ3) is 4.29. The molecule has 0 atom stereocenters. The fourth-order valence-corrected chi connectivity index (χ4v) is 3.79. The molecule has 0 fully saturated rings. The van der Waals surface area contributed by atoms with E-state index in [-0.39, 0.29) is 16.3 Å². The number of rotatable bonds is 4. The number of nitrogens with zero attached hydrogens (tertiary/aromatic N) is 2. The Morgan fingerprint density at radius 3 is 2.50 bits per heavy atom. The Hall–Kier alpha value is -3.45. The average molecular weight is 466 g/mol. The zero-order chi connectivity index (χ0) is 22.8. The lowest BCUT2D eigenvalue weighted by atomic mass is 10.0. The van der Waals surface area contributed by atoms with E-state index in [1.165, 1.54) is 25.1 Å². The molecule has 8 heteroatoms. The van der Waals surface area contributed by atoms with Gasteiger partial charge < -0.3 is 5.32 Å². The summed E-state index contributed by atoms with van der Waals surface area (Å²) in [5.41, 5.74) is 2.25. The van der Waals surface area contributed by atoms with Crippen LogP contribution in [-0.2, 0) is 4.79 Å². The van der Waals surface area contributed by atoms with Gasteiger partial charge in [-0.15, -0.1) is 0 Å². The Balaban J connectivity index is 1.65. The highest BCUT2D eigenvalue weighted by molar-refractivity contribution is 6.35. The number of halogens is 2. The lowest BCUT2D eigenvalue weighted by Crippen LogP contribution is -2.23. The van der Waals surface area contributed by atoms with Gasteiger partial charge in [-0.1, -0.05) is 47.5 Å². The smallest absolute Gasteiger partial charge is 0.257 e. The lowest BCUT2D eigenvalue weighted by molar-refractivity contribution is -0.121. The highest BCUT2D eigenvalue weighted by Crippen LogP contribution is 2.34. The van der Waals surface area contributed by atoms with Crippen LogP contribution in [0.25, 0.3) is 22.0 Å². The van der Waals surface area contributed by atoms with Crippen molar-refractivity contribution in [1.82, 2.24) is 4.98 Å². The third-order valence-electron chi connectivity index (χ3n) is 4.89. The standard InChI is InChI=1S/C24H17Cl2N3O3/c1-14(30)29(32)17-7-8-19(22(26)13-17)24(31)28-16-6-9-21(25)20(12-16)23-18-5-3-2-4-15(18)10-11-27-23/h2-13,32H,1H3,(H,28,31). The number of amides is 2. The van der Waals surface area contributed by atoms with Crippen LogP contribution in [0.5, 0.6) is 0 Å². The molecule has 2 amide bonds. The predicted octanol–water partition coefficient (Wildman–Crippen LogP) is 6.20.